The molecule has 2 aromatic rings. The van der Waals surface area contributed by atoms with Gasteiger partial charge in [-0.2, -0.15) is 0 Å². The zero-order valence-electron chi connectivity index (χ0n) is 12.5. The number of amides is 1. The lowest BCUT2D eigenvalue weighted by atomic mass is 10.1. The van der Waals surface area contributed by atoms with Crippen LogP contribution in [0.4, 0.5) is 0 Å². The molecule has 0 spiro atoms. The molecule has 22 heavy (non-hydrogen) atoms. The molecule has 0 bridgehead atoms. The Hall–Kier alpha value is -1.79. The van der Waals surface area contributed by atoms with Gasteiger partial charge in [-0.15, -0.1) is 11.8 Å². The summed E-state index contributed by atoms with van der Waals surface area (Å²) in [6, 6.07) is 7.89. The van der Waals surface area contributed by atoms with E-state index in [9.17, 15) is 4.79 Å². The highest BCUT2D eigenvalue weighted by Crippen LogP contribution is 2.26. The van der Waals surface area contributed by atoms with Crippen molar-refractivity contribution in [3.8, 4) is 0 Å². The fraction of sp³-hybridized carbons (Fsp3) is 0.375. The van der Waals surface area contributed by atoms with Gasteiger partial charge >= 0.3 is 0 Å². The number of aryl methyl sites for hydroxylation is 1. The summed E-state index contributed by atoms with van der Waals surface area (Å²) in [6.07, 6.45) is 5.49. The second kappa shape index (κ2) is 6.98. The number of nitrogens with zero attached hydrogens (tertiary/aromatic N) is 3. The third kappa shape index (κ3) is 3.34. The van der Waals surface area contributed by atoms with Crippen LogP contribution in [0.2, 0.25) is 0 Å². The molecular formula is C16H19N3O2S. The highest BCUT2D eigenvalue weighted by Gasteiger charge is 2.29. The molecule has 0 unspecified atom stereocenters. The summed E-state index contributed by atoms with van der Waals surface area (Å²) in [7, 11) is 2.00. The number of ether oxygens (including phenoxy) is 1. The second-order valence-electron chi connectivity index (χ2n) is 5.19. The van der Waals surface area contributed by atoms with Crippen molar-refractivity contribution in [2.24, 2.45) is 7.05 Å². The first kappa shape index (κ1) is 15.1. The van der Waals surface area contributed by atoms with E-state index in [2.05, 4.69) is 15.6 Å². The summed E-state index contributed by atoms with van der Waals surface area (Å²) in [5.41, 5.74) is 1.11. The van der Waals surface area contributed by atoms with Gasteiger partial charge in [-0.05, 0) is 24.3 Å². The van der Waals surface area contributed by atoms with E-state index in [1.54, 1.807) is 24.2 Å². The van der Waals surface area contributed by atoms with Crippen LogP contribution < -0.4 is 0 Å². The maximum absolute atomic E-state index is 12.6. The summed E-state index contributed by atoms with van der Waals surface area (Å²) >= 11 is 1.55. The van der Waals surface area contributed by atoms with E-state index in [0.29, 0.717) is 25.5 Å². The monoisotopic (exact) mass is 317 g/mol. The molecule has 116 valence electrons. The molecule has 5 nitrogen and oxygen atoms in total. The Morgan fingerprint density at radius 2 is 2.23 bits per heavy atom. The molecule has 0 aromatic carbocycles. The van der Waals surface area contributed by atoms with Crippen LogP contribution in [0.15, 0.2) is 47.8 Å². The molecule has 1 saturated heterocycles. The standard InChI is InChI=1S/C16H19N3O2S/c1-18-8-2-3-14(18)15-11-21-10-9-19(15)16(20)12-22-13-4-6-17-7-5-13/h2-8,15H,9-12H2,1H3/t15-/m1/s1. The summed E-state index contributed by atoms with van der Waals surface area (Å²) < 4.78 is 7.63. The highest BCUT2D eigenvalue weighted by molar-refractivity contribution is 8.00. The van der Waals surface area contributed by atoms with Crippen molar-refractivity contribution in [1.82, 2.24) is 14.5 Å². The number of rotatable bonds is 4. The van der Waals surface area contributed by atoms with Gasteiger partial charge in [-0.1, -0.05) is 0 Å². The molecule has 1 fully saturated rings. The number of thioether (sulfide) groups is 1. The lowest BCUT2D eigenvalue weighted by molar-refractivity contribution is -0.137. The van der Waals surface area contributed by atoms with Crippen molar-refractivity contribution in [2.45, 2.75) is 10.9 Å². The second-order valence-corrected chi connectivity index (χ2v) is 6.24. The number of carbonyl (C=O) groups is 1. The summed E-state index contributed by atoms with van der Waals surface area (Å²) in [5.74, 6) is 0.585. The van der Waals surface area contributed by atoms with Crippen molar-refractivity contribution in [1.29, 1.82) is 0 Å². The normalized spacial score (nSPS) is 18.4. The lowest BCUT2D eigenvalue weighted by Crippen LogP contribution is -2.44. The molecule has 1 amide bonds. The minimum Gasteiger partial charge on any atom is -0.377 e. The van der Waals surface area contributed by atoms with E-state index in [-0.39, 0.29) is 11.9 Å². The predicted octanol–water partition coefficient (Wildman–Crippen LogP) is 2.11. The largest absolute Gasteiger partial charge is 0.377 e. The molecule has 0 aliphatic carbocycles. The molecule has 3 heterocycles. The molecule has 6 heteroatoms. The van der Waals surface area contributed by atoms with E-state index in [1.165, 1.54) is 0 Å². The first-order valence-electron chi connectivity index (χ1n) is 7.27. The van der Waals surface area contributed by atoms with Crippen molar-refractivity contribution in [3.05, 3.63) is 48.5 Å². The van der Waals surface area contributed by atoms with Crippen LogP contribution in [-0.4, -0.2) is 45.9 Å². The Labute approximate surface area is 134 Å². The van der Waals surface area contributed by atoms with Gasteiger partial charge in [0.2, 0.25) is 5.91 Å². The van der Waals surface area contributed by atoms with Crippen LogP contribution in [0.1, 0.15) is 11.7 Å². The molecule has 1 aliphatic rings. The average molecular weight is 317 g/mol. The van der Waals surface area contributed by atoms with Gasteiger partial charge < -0.3 is 14.2 Å². The number of pyridine rings is 1. The van der Waals surface area contributed by atoms with Crippen LogP contribution in [-0.2, 0) is 16.6 Å². The molecule has 0 N–H and O–H groups in total. The summed E-state index contributed by atoms with van der Waals surface area (Å²) in [6.45, 7) is 1.81. The van der Waals surface area contributed by atoms with Crippen LogP contribution in [0.5, 0.6) is 0 Å². The fourth-order valence-corrected chi connectivity index (χ4v) is 3.40. The van der Waals surface area contributed by atoms with Crippen molar-refractivity contribution >= 4 is 17.7 Å². The zero-order chi connectivity index (χ0) is 15.4. The van der Waals surface area contributed by atoms with Crippen LogP contribution in [0.3, 0.4) is 0 Å². The van der Waals surface area contributed by atoms with Gasteiger partial charge in [0.15, 0.2) is 0 Å². The minimum absolute atomic E-state index is 0.000657. The molecule has 3 rings (SSSR count). The maximum atomic E-state index is 12.6. The lowest BCUT2D eigenvalue weighted by Gasteiger charge is -2.36. The van der Waals surface area contributed by atoms with Gasteiger partial charge in [-0.25, -0.2) is 0 Å². The van der Waals surface area contributed by atoms with Gasteiger partial charge in [-0.3, -0.25) is 9.78 Å². The average Bonchev–Trinajstić information content (AvgIpc) is 2.99. The fourth-order valence-electron chi connectivity index (χ4n) is 2.63. The van der Waals surface area contributed by atoms with Crippen molar-refractivity contribution < 1.29 is 9.53 Å². The Morgan fingerprint density at radius 3 is 2.95 bits per heavy atom. The van der Waals surface area contributed by atoms with Gasteiger partial charge in [0, 0.05) is 42.8 Å². The number of hydrogen-bond donors (Lipinski definition) is 0. The van der Waals surface area contributed by atoms with Crippen molar-refractivity contribution in [2.75, 3.05) is 25.5 Å². The molecular weight excluding hydrogens is 298 g/mol. The van der Waals surface area contributed by atoms with E-state index >= 15 is 0 Å². The maximum Gasteiger partial charge on any atom is 0.233 e. The van der Waals surface area contributed by atoms with Crippen molar-refractivity contribution in [3.63, 3.8) is 0 Å². The third-order valence-corrected chi connectivity index (χ3v) is 4.78. The van der Waals surface area contributed by atoms with E-state index in [1.807, 2.05) is 36.3 Å². The number of hydrogen-bond acceptors (Lipinski definition) is 4. The predicted molar refractivity (Wildman–Crippen MR) is 85.6 cm³/mol. The Bertz CT molecular complexity index is 629. The van der Waals surface area contributed by atoms with E-state index < -0.39 is 0 Å². The first-order chi connectivity index (χ1) is 10.8. The molecule has 1 aliphatic heterocycles. The quantitative estimate of drug-likeness (QED) is 0.811. The summed E-state index contributed by atoms with van der Waals surface area (Å²) in [4.78, 5) is 19.6. The van der Waals surface area contributed by atoms with E-state index in [4.69, 9.17) is 4.74 Å². The number of aromatic nitrogens is 2. The van der Waals surface area contributed by atoms with E-state index in [0.717, 1.165) is 10.6 Å². The van der Waals surface area contributed by atoms with Crippen LogP contribution in [0.25, 0.3) is 0 Å². The molecule has 0 radical (unpaired) electrons. The Balaban J connectivity index is 1.68. The first-order valence-corrected chi connectivity index (χ1v) is 8.25. The topological polar surface area (TPSA) is 47.4 Å². The van der Waals surface area contributed by atoms with Crippen LogP contribution in [0, 0.1) is 0 Å². The van der Waals surface area contributed by atoms with Gasteiger partial charge in [0.25, 0.3) is 0 Å². The van der Waals surface area contributed by atoms with Gasteiger partial charge in [0.05, 0.1) is 25.0 Å². The highest BCUT2D eigenvalue weighted by atomic mass is 32.2. The minimum atomic E-state index is -0.000657. The number of morpholine rings is 1. The molecule has 0 saturated carbocycles. The van der Waals surface area contributed by atoms with Gasteiger partial charge in [0.1, 0.15) is 0 Å². The zero-order valence-corrected chi connectivity index (χ0v) is 13.3. The number of carbonyl (C=O) groups excluding carboxylic acids is 1. The Kier molecular flexibility index (Phi) is 4.80. The summed E-state index contributed by atoms with van der Waals surface area (Å²) in [5, 5.41) is 0. The van der Waals surface area contributed by atoms with Crippen LogP contribution >= 0.6 is 11.8 Å². The Morgan fingerprint density at radius 1 is 1.41 bits per heavy atom. The molecule has 1 atom stereocenters. The SMILES string of the molecule is Cn1cccc1[C@H]1COCCN1C(=O)CSc1ccncc1. The smallest absolute Gasteiger partial charge is 0.233 e. The third-order valence-electron chi connectivity index (χ3n) is 3.79. The molecule has 2 aromatic heterocycles.